The Morgan fingerprint density at radius 2 is 2.11 bits per heavy atom. The van der Waals surface area contributed by atoms with Crippen molar-refractivity contribution in [2.75, 3.05) is 39.2 Å². The van der Waals surface area contributed by atoms with Crippen molar-refractivity contribution in [1.29, 1.82) is 5.41 Å². The highest BCUT2D eigenvalue weighted by Gasteiger charge is 2.28. The summed E-state index contributed by atoms with van der Waals surface area (Å²) in [5.41, 5.74) is 2.85. The highest BCUT2D eigenvalue weighted by Crippen LogP contribution is 2.36. The molecule has 0 bridgehead atoms. The molecule has 0 aliphatic carbocycles. The van der Waals surface area contributed by atoms with Crippen molar-refractivity contribution in [2.45, 2.75) is 19.1 Å². The number of rotatable bonds is 8. The van der Waals surface area contributed by atoms with E-state index in [0.29, 0.717) is 52.2 Å². The molecule has 0 unspecified atom stereocenters. The van der Waals surface area contributed by atoms with E-state index in [1.807, 2.05) is 19.1 Å². The van der Waals surface area contributed by atoms with Crippen molar-refractivity contribution in [1.82, 2.24) is 25.2 Å². The van der Waals surface area contributed by atoms with Crippen LogP contribution in [0.5, 0.6) is 5.75 Å². The van der Waals surface area contributed by atoms with Crippen LogP contribution < -0.4 is 15.4 Å². The molecule has 1 saturated heterocycles. The zero-order chi connectivity index (χ0) is 26.6. The van der Waals surface area contributed by atoms with Crippen molar-refractivity contribution in [2.24, 2.45) is 0 Å². The zero-order valence-corrected chi connectivity index (χ0v) is 21.5. The summed E-state index contributed by atoms with van der Waals surface area (Å²) in [6, 6.07) is 10.6. The number of morpholine rings is 1. The number of anilines is 2. The molecule has 3 heterocycles. The molecular formula is C28H30FN7O2. The van der Waals surface area contributed by atoms with Crippen LogP contribution in [-0.2, 0) is 4.74 Å². The van der Waals surface area contributed by atoms with Gasteiger partial charge in [0.2, 0.25) is 0 Å². The number of nitrogens with zero attached hydrogens (tertiary/aromatic N) is 4. The lowest BCUT2D eigenvalue weighted by atomic mass is 10.0. The molecule has 0 saturated carbocycles. The Morgan fingerprint density at radius 1 is 1.24 bits per heavy atom. The fourth-order valence-corrected chi connectivity index (χ4v) is 4.69. The van der Waals surface area contributed by atoms with E-state index >= 15 is 4.39 Å². The zero-order valence-electron chi connectivity index (χ0n) is 21.5. The standard InChI is InChI=1S/C28H30FN7O2/c1-17(24-15-37-10-9-36(24)3)38-25-12-18(19(13-30)14-31-2)11-23-26(25)28(34-16-33-23)35-22-7-6-21-20(27(22)29)5-4-8-32-21/h4-8,11-14,16-17,24,30-31H,9-10,15H2,1-3H3,(H,33,34,35)/b19-14+,30-13?/t17-,24+/m0/s1. The quantitative estimate of drug-likeness (QED) is 0.297. The highest BCUT2D eigenvalue weighted by atomic mass is 19.1. The van der Waals surface area contributed by atoms with Crippen LogP contribution in [-0.4, -0.2) is 72.1 Å². The second kappa shape index (κ2) is 11.1. The fraction of sp³-hybridized carbons (Fsp3) is 0.286. The Balaban J connectivity index is 1.62. The van der Waals surface area contributed by atoms with E-state index in [1.54, 1.807) is 43.7 Å². The molecule has 1 fully saturated rings. The van der Waals surface area contributed by atoms with Gasteiger partial charge in [0, 0.05) is 43.2 Å². The van der Waals surface area contributed by atoms with Crippen molar-refractivity contribution >= 4 is 45.1 Å². The summed E-state index contributed by atoms with van der Waals surface area (Å²) in [5.74, 6) is 0.519. The van der Waals surface area contributed by atoms with Gasteiger partial charge in [-0.15, -0.1) is 0 Å². The maximum Gasteiger partial charge on any atom is 0.156 e. The summed E-state index contributed by atoms with van der Waals surface area (Å²) >= 11 is 0. The molecule has 0 spiro atoms. The number of hydrogen-bond acceptors (Lipinski definition) is 9. The number of fused-ring (bicyclic) bond motifs is 2. The lowest BCUT2D eigenvalue weighted by Crippen LogP contribution is -2.50. The van der Waals surface area contributed by atoms with Gasteiger partial charge in [-0.3, -0.25) is 9.88 Å². The van der Waals surface area contributed by atoms with Crippen LogP contribution >= 0.6 is 0 Å². The van der Waals surface area contributed by atoms with Crippen LogP contribution in [0.15, 0.2) is 55.1 Å². The highest BCUT2D eigenvalue weighted by molar-refractivity contribution is 6.10. The van der Waals surface area contributed by atoms with Crippen LogP contribution in [0.4, 0.5) is 15.9 Å². The van der Waals surface area contributed by atoms with E-state index in [0.717, 1.165) is 12.1 Å². The summed E-state index contributed by atoms with van der Waals surface area (Å²) in [6.45, 7) is 4.05. The van der Waals surface area contributed by atoms with Gasteiger partial charge in [0.15, 0.2) is 5.82 Å². The molecule has 196 valence electrons. The van der Waals surface area contributed by atoms with Crippen LogP contribution in [0.3, 0.4) is 0 Å². The molecule has 3 N–H and O–H groups in total. The lowest BCUT2D eigenvalue weighted by molar-refractivity contribution is -0.0343. The van der Waals surface area contributed by atoms with Crippen LogP contribution in [0.1, 0.15) is 12.5 Å². The molecule has 1 aliphatic heterocycles. The first-order chi connectivity index (χ1) is 18.5. The molecule has 0 amide bonds. The maximum absolute atomic E-state index is 15.4. The largest absolute Gasteiger partial charge is 0.488 e. The number of benzene rings is 2. The van der Waals surface area contributed by atoms with Gasteiger partial charge < -0.3 is 25.5 Å². The monoisotopic (exact) mass is 515 g/mol. The Kier molecular flexibility index (Phi) is 7.43. The minimum atomic E-state index is -0.418. The predicted molar refractivity (Wildman–Crippen MR) is 148 cm³/mol. The van der Waals surface area contributed by atoms with Crippen molar-refractivity contribution < 1.29 is 13.9 Å². The van der Waals surface area contributed by atoms with Gasteiger partial charge in [-0.2, -0.15) is 0 Å². The molecule has 9 nitrogen and oxygen atoms in total. The number of nitrogens with one attached hydrogen (secondary N) is 3. The van der Waals surface area contributed by atoms with Gasteiger partial charge in [0.05, 0.1) is 41.4 Å². The summed E-state index contributed by atoms with van der Waals surface area (Å²) in [5, 5.41) is 15.1. The first kappa shape index (κ1) is 25.5. The number of likely N-dealkylation sites (N-methyl/N-ethyl adjacent to an activating group) is 1. The summed E-state index contributed by atoms with van der Waals surface area (Å²) in [7, 11) is 3.83. The fourth-order valence-electron chi connectivity index (χ4n) is 4.69. The molecule has 2 aromatic carbocycles. The minimum Gasteiger partial charge on any atom is -0.488 e. The van der Waals surface area contributed by atoms with Crippen molar-refractivity contribution in [3.63, 3.8) is 0 Å². The van der Waals surface area contributed by atoms with E-state index in [9.17, 15) is 0 Å². The molecule has 2 atom stereocenters. The third-order valence-electron chi connectivity index (χ3n) is 6.76. The van der Waals surface area contributed by atoms with Gasteiger partial charge in [-0.25, -0.2) is 14.4 Å². The minimum absolute atomic E-state index is 0.0454. The average molecular weight is 516 g/mol. The van der Waals surface area contributed by atoms with Crippen LogP contribution in [0.25, 0.3) is 27.4 Å². The molecular weight excluding hydrogens is 485 g/mol. The number of allylic oxidation sites excluding steroid dienone is 1. The molecule has 38 heavy (non-hydrogen) atoms. The predicted octanol–water partition coefficient (Wildman–Crippen LogP) is 4.37. The van der Waals surface area contributed by atoms with E-state index in [4.69, 9.17) is 14.9 Å². The molecule has 2 aromatic heterocycles. The third kappa shape index (κ3) is 5.00. The normalized spacial score (nSPS) is 17.4. The SMILES string of the molecule is CN/C=C(\C=N)c1cc(O[C@@H](C)[C@H]2COCCN2C)c2c(Nc3ccc4ncccc4c3F)ncnc2c1. The topological polar surface area (TPSA) is 108 Å². The Bertz CT molecular complexity index is 1510. The molecule has 0 radical (unpaired) electrons. The molecule has 1 aliphatic rings. The van der Waals surface area contributed by atoms with Crippen LogP contribution in [0.2, 0.25) is 0 Å². The number of aromatic nitrogens is 3. The van der Waals surface area contributed by atoms with Gasteiger partial charge in [-0.05, 0) is 55.9 Å². The van der Waals surface area contributed by atoms with Gasteiger partial charge in [0.25, 0.3) is 0 Å². The molecule has 10 heteroatoms. The van der Waals surface area contributed by atoms with Gasteiger partial charge in [0.1, 0.15) is 24.0 Å². The van der Waals surface area contributed by atoms with Gasteiger partial charge in [-0.1, -0.05) is 0 Å². The first-order valence-electron chi connectivity index (χ1n) is 12.4. The van der Waals surface area contributed by atoms with E-state index in [2.05, 4.69) is 37.5 Å². The maximum atomic E-state index is 15.4. The van der Waals surface area contributed by atoms with E-state index < -0.39 is 5.82 Å². The third-order valence-corrected chi connectivity index (χ3v) is 6.76. The van der Waals surface area contributed by atoms with E-state index in [-0.39, 0.29) is 17.8 Å². The number of halogens is 1. The number of hydrogen-bond donors (Lipinski definition) is 3. The Labute approximate surface area is 220 Å². The van der Waals surface area contributed by atoms with Gasteiger partial charge >= 0.3 is 0 Å². The second-order valence-corrected chi connectivity index (χ2v) is 9.19. The Hall–Kier alpha value is -4.15. The second-order valence-electron chi connectivity index (χ2n) is 9.19. The molecule has 4 aromatic rings. The average Bonchev–Trinajstić information content (AvgIpc) is 2.93. The number of ether oxygens (including phenoxy) is 2. The lowest BCUT2D eigenvalue weighted by Gasteiger charge is -2.36. The van der Waals surface area contributed by atoms with E-state index in [1.165, 1.54) is 12.5 Å². The van der Waals surface area contributed by atoms with Crippen molar-refractivity contribution in [3.05, 3.63) is 66.5 Å². The Morgan fingerprint density at radius 3 is 2.89 bits per heavy atom. The summed E-state index contributed by atoms with van der Waals surface area (Å²) in [4.78, 5) is 15.4. The smallest absolute Gasteiger partial charge is 0.156 e. The number of pyridine rings is 1. The molecule has 5 rings (SSSR count). The van der Waals surface area contributed by atoms with Crippen LogP contribution in [0, 0.1) is 11.2 Å². The summed E-state index contributed by atoms with van der Waals surface area (Å²) in [6.07, 6.45) is 5.84. The first-order valence-corrected chi connectivity index (χ1v) is 12.4. The van der Waals surface area contributed by atoms with Crippen molar-refractivity contribution in [3.8, 4) is 5.75 Å². The summed E-state index contributed by atoms with van der Waals surface area (Å²) < 4.78 is 27.7.